The van der Waals surface area contributed by atoms with Gasteiger partial charge >= 0.3 is 0 Å². The van der Waals surface area contributed by atoms with Crippen LogP contribution in [0.1, 0.15) is 45.6 Å². The van der Waals surface area contributed by atoms with Gasteiger partial charge in [0.2, 0.25) is 11.8 Å². The van der Waals surface area contributed by atoms with Gasteiger partial charge < -0.3 is 10.2 Å². The van der Waals surface area contributed by atoms with Crippen molar-refractivity contribution in [3.05, 3.63) is 35.9 Å². The first-order valence-corrected chi connectivity index (χ1v) is 8.10. The Hall–Kier alpha value is -1.84. The van der Waals surface area contributed by atoms with Crippen LogP contribution in [0, 0.1) is 5.92 Å². The summed E-state index contributed by atoms with van der Waals surface area (Å²) >= 11 is 0. The average molecular weight is 300 g/mol. The number of piperazine rings is 1. The van der Waals surface area contributed by atoms with Crippen LogP contribution in [0.5, 0.6) is 0 Å². The lowest BCUT2D eigenvalue weighted by Crippen LogP contribution is -2.74. The first-order chi connectivity index (χ1) is 10.4. The summed E-state index contributed by atoms with van der Waals surface area (Å²) in [4.78, 5) is 27.7. The highest BCUT2D eigenvalue weighted by Crippen LogP contribution is 2.44. The molecule has 1 aromatic carbocycles. The fraction of sp³-hybridized carbons (Fsp3) is 0.556. The number of hydrogen-bond acceptors (Lipinski definition) is 2. The van der Waals surface area contributed by atoms with Crippen LogP contribution < -0.4 is 5.32 Å². The van der Waals surface area contributed by atoms with Crippen molar-refractivity contribution in [1.82, 2.24) is 10.2 Å². The predicted octanol–water partition coefficient (Wildman–Crippen LogP) is 2.48. The maximum Gasteiger partial charge on any atom is 0.249 e. The minimum atomic E-state index is -0.776. The molecule has 1 saturated heterocycles. The molecule has 1 saturated carbocycles. The smallest absolute Gasteiger partial charge is 0.249 e. The standard InChI is InChI=1S/C18H24N2O2/c1-4-17(2)15(21)19-18(3,14-10-11-14)16(22)20(17)12-13-8-6-5-7-9-13/h5-9,14H,4,10-12H2,1-3H3,(H,19,21). The highest BCUT2D eigenvalue weighted by atomic mass is 16.2. The number of hydrogen-bond donors (Lipinski definition) is 1. The van der Waals surface area contributed by atoms with Gasteiger partial charge in [-0.1, -0.05) is 37.3 Å². The zero-order valence-electron chi connectivity index (χ0n) is 13.6. The summed E-state index contributed by atoms with van der Waals surface area (Å²) in [5.74, 6) is 0.311. The van der Waals surface area contributed by atoms with Gasteiger partial charge in [0.15, 0.2) is 0 Å². The fourth-order valence-corrected chi connectivity index (χ4v) is 3.35. The number of carbonyl (C=O) groups excluding carboxylic acids is 2. The summed E-state index contributed by atoms with van der Waals surface area (Å²) in [6.45, 7) is 6.21. The van der Waals surface area contributed by atoms with E-state index >= 15 is 0 Å². The molecule has 4 heteroatoms. The van der Waals surface area contributed by atoms with Crippen LogP contribution in [-0.2, 0) is 16.1 Å². The molecule has 22 heavy (non-hydrogen) atoms. The summed E-state index contributed by atoms with van der Waals surface area (Å²) in [5, 5.41) is 3.03. The SMILES string of the molecule is CCC1(C)C(=O)NC(C)(C2CC2)C(=O)N1Cc1ccccc1. The number of benzene rings is 1. The lowest BCUT2D eigenvalue weighted by atomic mass is 9.82. The number of carbonyl (C=O) groups is 2. The van der Waals surface area contributed by atoms with Crippen LogP contribution in [0.3, 0.4) is 0 Å². The second-order valence-corrected chi connectivity index (χ2v) is 6.94. The fourth-order valence-electron chi connectivity index (χ4n) is 3.35. The molecule has 2 aliphatic rings. The molecule has 2 unspecified atom stereocenters. The molecule has 4 nitrogen and oxygen atoms in total. The molecule has 1 N–H and O–H groups in total. The molecule has 0 radical (unpaired) electrons. The van der Waals surface area contributed by atoms with Gasteiger partial charge in [-0.3, -0.25) is 9.59 Å². The van der Waals surface area contributed by atoms with E-state index in [9.17, 15) is 9.59 Å². The molecule has 2 atom stereocenters. The van der Waals surface area contributed by atoms with Crippen molar-refractivity contribution < 1.29 is 9.59 Å². The Balaban J connectivity index is 1.97. The van der Waals surface area contributed by atoms with Crippen LogP contribution >= 0.6 is 0 Å². The molecule has 1 aliphatic heterocycles. The van der Waals surface area contributed by atoms with Crippen molar-refractivity contribution in [3.63, 3.8) is 0 Å². The van der Waals surface area contributed by atoms with E-state index in [1.54, 1.807) is 4.90 Å². The van der Waals surface area contributed by atoms with Crippen LogP contribution in [0.25, 0.3) is 0 Å². The monoisotopic (exact) mass is 300 g/mol. The lowest BCUT2D eigenvalue weighted by molar-refractivity contribution is -0.163. The first kappa shape index (κ1) is 15.1. The van der Waals surface area contributed by atoms with E-state index in [4.69, 9.17) is 0 Å². The van der Waals surface area contributed by atoms with Gasteiger partial charge in [-0.2, -0.15) is 0 Å². The van der Waals surface area contributed by atoms with Gasteiger partial charge in [0, 0.05) is 6.54 Å². The number of rotatable bonds is 4. The van der Waals surface area contributed by atoms with Crippen molar-refractivity contribution in [2.45, 2.75) is 57.7 Å². The largest absolute Gasteiger partial charge is 0.340 e. The molecule has 0 bridgehead atoms. The van der Waals surface area contributed by atoms with E-state index in [2.05, 4.69) is 5.32 Å². The number of nitrogens with zero attached hydrogens (tertiary/aromatic N) is 1. The molecule has 3 rings (SSSR count). The topological polar surface area (TPSA) is 49.4 Å². The Labute approximate surface area is 131 Å². The van der Waals surface area contributed by atoms with Crippen molar-refractivity contribution in [2.24, 2.45) is 5.92 Å². The third-order valence-corrected chi connectivity index (χ3v) is 5.41. The number of nitrogens with one attached hydrogen (secondary N) is 1. The van der Waals surface area contributed by atoms with Crippen LogP contribution in [0.15, 0.2) is 30.3 Å². The van der Waals surface area contributed by atoms with Gasteiger partial charge in [-0.05, 0) is 44.6 Å². The van der Waals surface area contributed by atoms with Crippen molar-refractivity contribution >= 4 is 11.8 Å². The zero-order valence-corrected chi connectivity index (χ0v) is 13.6. The van der Waals surface area contributed by atoms with Crippen molar-refractivity contribution in [3.8, 4) is 0 Å². The van der Waals surface area contributed by atoms with Gasteiger partial charge in [0.1, 0.15) is 11.1 Å². The lowest BCUT2D eigenvalue weighted by Gasteiger charge is -2.50. The van der Waals surface area contributed by atoms with E-state index < -0.39 is 11.1 Å². The molecule has 0 spiro atoms. The zero-order chi connectivity index (χ0) is 16.0. The Morgan fingerprint density at radius 1 is 1.18 bits per heavy atom. The molecule has 2 fully saturated rings. The summed E-state index contributed by atoms with van der Waals surface area (Å²) < 4.78 is 0. The highest BCUT2D eigenvalue weighted by Gasteiger charge is 2.58. The third kappa shape index (κ3) is 2.21. The summed E-state index contributed by atoms with van der Waals surface area (Å²) in [6, 6.07) is 9.90. The summed E-state index contributed by atoms with van der Waals surface area (Å²) in [7, 11) is 0. The molecule has 1 aliphatic carbocycles. The third-order valence-electron chi connectivity index (χ3n) is 5.41. The van der Waals surface area contributed by atoms with E-state index in [0.717, 1.165) is 18.4 Å². The van der Waals surface area contributed by atoms with E-state index in [0.29, 0.717) is 13.0 Å². The minimum Gasteiger partial charge on any atom is -0.340 e. The molecule has 1 heterocycles. The van der Waals surface area contributed by atoms with Gasteiger partial charge in [-0.25, -0.2) is 0 Å². The van der Waals surface area contributed by atoms with Crippen LogP contribution in [0.2, 0.25) is 0 Å². The molecular weight excluding hydrogens is 276 g/mol. The second-order valence-electron chi connectivity index (χ2n) is 6.94. The molecule has 118 valence electrons. The first-order valence-electron chi connectivity index (χ1n) is 8.10. The van der Waals surface area contributed by atoms with Gasteiger partial charge in [0.05, 0.1) is 0 Å². The Morgan fingerprint density at radius 2 is 1.82 bits per heavy atom. The number of amides is 2. The Bertz CT molecular complexity index is 596. The predicted molar refractivity (Wildman–Crippen MR) is 85.0 cm³/mol. The molecule has 1 aromatic rings. The highest BCUT2D eigenvalue weighted by molar-refractivity contribution is 6.02. The summed E-state index contributed by atoms with van der Waals surface area (Å²) in [6.07, 6.45) is 2.65. The van der Waals surface area contributed by atoms with E-state index in [-0.39, 0.29) is 17.7 Å². The maximum absolute atomic E-state index is 13.2. The van der Waals surface area contributed by atoms with Crippen LogP contribution in [-0.4, -0.2) is 27.8 Å². The van der Waals surface area contributed by atoms with Gasteiger partial charge in [-0.15, -0.1) is 0 Å². The van der Waals surface area contributed by atoms with Crippen molar-refractivity contribution in [2.75, 3.05) is 0 Å². The Kier molecular flexibility index (Phi) is 3.50. The quantitative estimate of drug-likeness (QED) is 0.928. The molecular formula is C18H24N2O2. The van der Waals surface area contributed by atoms with Crippen molar-refractivity contribution in [1.29, 1.82) is 0 Å². The minimum absolute atomic E-state index is 0.0278. The van der Waals surface area contributed by atoms with Gasteiger partial charge in [0.25, 0.3) is 0 Å². The van der Waals surface area contributed by atoms with E-state index in [1.165, 1.54) is 0 Å². The normalized spacial score (nSPS) is 32.0. The molecule has 0 aromatic heterocycles. The van der Waals surface area contributed by atoms with E-state index in [1.807, 2.05) is 51.1 Å². The summed E-state index contributed by atoms with van der Waals surface area (Å²) in [5.41, 5.74) is -0.453. The maximum atomic E-state index is 13.2. The Morgan fingerprint density at radius 3 is 2.36 bits per heavy atom. The molecule has 2 amide bonds. The average Bonchev–Trinajstić information content (AvgIpc) is 3.36. The second kappa shape index (κ2) is 5.11. The van der Waals surface area contributed by atoms with Crippen LogP contribution in [0.4, 0.5) is 0 Å².